The highest BCUT2D eigenvalue weighted by atomic mass is 79.9. The van der Waals surface area contributed by atoms with E-state index in [1.54, 1.807) is 18.2 Å². The van der Waals surface area contributed by atoms with Gasteiger partial charge in [0, 0.05) is 24.6 Å². The van der Waals surface area contributed by atoms with Crippen molar-refractivity contribution in [3.8, 4) is 11.3 Å². The van der Waals surface area contributed by atoms with Crippen LogP contribution < -0.4 is 5.32 Å². The van der Waals surface area contributed by atoms with Crippen molar-refractivity contribution in [2.75, 3.05) is 0 Å². The van der Waals surface area contributed by atoms with Gasteiger partial charge in [0.05, 0.1) is 29.2 Å². The van der Waals surface area contributed by atoms with E-state index in [1.165, 1.54) is 5.56 Å². The summed E-state index contributed by atoms with van der Waals surface area (Å²) in [6, 6.07) is 17.4. The van der Waals surface area contributed by atoms with Gasteiger partial charge in [0.25, 0.3) is 0 Å². The van der Waals surface area contributed by atoms with Crippen LogP contribution in [-0.2, 0) is 0 Å². The SMILES string of the molecule is Cc1ccc(-c2cc(Br)nc(C3CCCC(c4ncccc4C)N3)c2)nc1C(=O)CCCC(=O)c1cccc(Br)n1. The van der Waals surface area contributed by atoms with Crippen molar-refractivity contribution in [3.05, 3.63) is 104 Å². The summed E-state index contributed by atoms with van der Waals surface area (Å²) in [5.74, 6) is -0.154. The number of Topliss-reactive ketones (excluding diaryl/α,β-unsaturated/α-hetero) is 2. The van der Waals surface area contributed by atoms with Crippen molar-refractivity contribution >= 4 is 43.4 Å². The number of rotatable bonds is 9. The Bertz CT molecular complexity index is 1590. The second-order valence-electron chi connectivity index (χ2n) is 10.4. The molecule has 1 fully saturated rings. The number of hydrogen-bond donors (Lipinski definition) is 1. The van der Waals surface area contributed by atoms with Crippen LogP contribution in [0.3, 0.4) is 0 Å². The van der Waals surface area contributed by atoms with Crippen LogP contribution in [0.15, 0.2) is 70.0 Å². The Hall–Kier alpha value is -3.14. The molecule has 5 rings (SSSR count). The fourth-order valence-corrected chi connectivity index (χ4v) is 6.08. The Morgan fingerprint density at radius 2 is 1.66 bits per heavy atom. The molecule has 2 atom stereocenters. The molecule has 1 saturated heterocycles. The number of halogens is 2. The maximum absolute atomic E-state index is 13.2. The predicted octanol–water partition coefficient (Wildman–Crippen LogP) is 7.87. The fourth-order valence-electron chi connectivity index (χ4n) is 5.28. The van der Waals surface area contributed by atoms with Gasteiger partial charge in [0.2, 0.25) is 0 Å². The molecule has 2 unspecified atom stereocenters. The number of piperidine rings is 1. The molecule has 1 aliphatic rings. The molecule has 4 aromatic heterocycles. The van der Waals surface area contributed by atoms with Crippen molar-refractivity contribution < 1.29 is 9.59 Å². The molecule has 0 aromatic carbocycles. The zero-order chi connectivity index (χ0) is 28.9. The summed E-state index contributed by atoms with van der Waals surface area (Å²) in [7, 11) is 0. The number of hydrogen-bond acceptors (Lipinski definition) is 7. The number of ketones is 2. The van der Waals surface area contributed by atoms with Gasteiger partial charge in [-0.25, -0.2) is 15.0 Å². The number of aromatic nitrogens is 4. The number of aryl methyl sites for hydroxylation is 2. The molecule has 1 aliphatic heterocycles. The van der Waals surface area contributed by atoms with E-state index < -0.39 is 0 Å². The lowest BCUT2D eigenvalue weighted by Crippen LogP contribution is -2.32. The van der Waals surface area contributed by atoms with Crippen LogP contribution in [0.5, 0.6) is 0 Å². The molecule has 210 valence electrons. The summed E-state index contributed by atoms with van der Waals surface area (Å²) in [5, 5.41) is 3.76. The molecule has 7 nitrogen and oxygen atoms in total. The topological polar surface area (TPSA) is 97.7 Å². The zero-order valence-corrected chi connectivity index (χ0v) is 26.2. The monoisotopic (exact) mass is 675 g/mol. The first-order chi connectivity index (χ1) is 19.8. The van der Waals surface area contributed by atoms with E-state index in [0.29, 0.717) is 28.1 Å². The van der Waals surface area contributed by atoms with Crippen molar-refractivity contribution in [1.29, 1.82) is 0 Å². The van der Waals surface area contributed by atoms with E-state index in [1.807, 2.05) is 37.4 Å². The van der Waals surface area contributed by atoms with Gasteiger partial charge in [-0.05, 0) is 119 Å². The third-order valence-electron chi connectivity index (χ3n) is 7.40. The van der Waals surface area contributed by atoms with Crippen LogP contribution in [0.4, 0.5) is 0 Å². The first-order valence-electron chi connectivity index (χ1n) is 13.8. The van der Waals surface area contributed by atoms with E-state index in [2.05, 4.69) is 66.2 Å². The molecule has 0 amide bonds. The Balaban J connectivity index is 1.30. The third kappa shape index (κ3) is 7.20. The number of pyridine rings is 4. The normalized spacial score (nSPS) is 16.9. The molecule has 5 heterocycles. The molecular weight excluding hydrogens is 646 g/mol. The van der Waals surface area contributed by atoms with E-state index in [-0.39, 0.29) is 36.5 Å². The zero-order valence-electron chi connectivity index (χ0n) is 23.0. The second kappa shape index (κ2) is 13.2. The number of carbonyl (C=O) groups excluding carboxylic acids is 2. The molecule has 0 bridgehead atoms. The van der Waals surface area contributed by atoms with Crippen LogP contribution in [0.2, 0.25) is 0 Å². The van der Waals surface area contributed by atoms with Gasteiger partial charge in [0.1, 0.15) is 20.6 Å². The highest BCUT2D eigenvalue weighted by Crippen LogP contribution is 2.34. The standard InChI is InChI=1S/C32H31Br2N5O2/c1-19-7-6-16-35-31(19)25-10-3-8-23(36-25)26-17-21(18-30(34)38-26)22-15-14-20(2)32(39-22)28(41)12-5-11-27(40)24-9-4-13-29(33)37-24/h4,6-7,9,13-18,23,25,36H,3,5,8,10-12H2,1-2H3. The summed E-state index contributed by atoms with van der Waals surface area (Å²) in [6.07, 6.45) is 5.86. The Labute approximate surface area is 256 Å². The maximum Gasteiger partial charge on any atom is 0.181 e. The third-order valence-corrected chi connectivity index (χ3v) is 8.25. The minimum absolute atomic E-state index is 0.0739. The first kappa shape index (κ1) is 29.4. The van der Waals surface area contributed by atoms with E-state index in [0.717, 1.165) is 46.4 Å². The molecule has 0 saturated carbocycles. The Kier molecular flexibility index (Phi) is 9.47. The predicted molar refractivity (Wildman–Crippen MR) is 166 cm³/mol. The van der Waals surface area contributed by atoms with Crippen molar-refractivity contribution in [2.24, 2.45) is 0 Å². The summed E-state index contributed by atoms with van der Waals surface area (Å²) in [6.45, 7) is 3.99. The van der Waals surface area contributed by atoms with Gasteiger partial charge in [0.15, 0.2) is 11.6 Å². The van der Waals surface area contributed by atoms with Gasteiger partial charge in [-0.2, -0.15) is 0 Å². The molecule has 0 aliphatic carbocycles. The highest BCUT2D eigenvalue weighted by Gasteiger charge is 2.27. The Morgan fingerprint density at radius 3 is 2.46 bits per heavy atom. The highest BCUT2D eigenvalue weighted by molar-refractivity contribution is 9.10. The minimum Gasteiger partial charge on any atom is -0.300 e. The quantitative estimate of drug-likeness (QED) is 0.142. The molecule has 1 N–H and O–H groups in total. The van der Waals surface area contributed by atoms with Crippen molar-refractivity contribution in [3.63, 3.8) is 0 Å². The minimum atomic E-state index is -0.0801. The number of nitrogens with one attached hydrogen (secondary N) is 1. The summed E-state index contributed by atoms with van der Waals surface area (Å²) in [5.41, 5.74) is 6.46. The maximum atomic E-state index is 13.2. The lowest BCUT2D eigenvalue weighted by molar-refractivity contribution is 0.0951. The molecule has 0 spiro atoms. The smallest absolute Gasteiger partial charge is 0.181 e. The average molecular weight is 677 g/mol. The molecule has 0 radical (unpaired) electrons. The molecule has 9 heteroatoms. The number of nitrogens with zero attached hydrogens (tertiary/aromatic N) is 4. The van der Waals surface area contributed by atoms with E-state index in [4.69, 9.17) is 9.97 Å². The first-order valence-corrected chi connectivity index (χ1v) is 15.4. The van der Waals surface area contributed by atoms with Gasteiger partial charge >= 0.3 is 0 Å². The molecular formula is C32H31Br2N5O2. The summed E-state index contributed by atoms with van der Waals surface area (Å²) in [4.78, 5) is 44.1. The van der Waals surface area contributed by atoms with Crippen LogP contribution in [-0.4, -0.2) is 31.5 Å². The lowest BCUT2D eigenvalue weighted by Gasteiger charge is -2.31. The van der Waals surface area contributed by atoms with Crippen molar-refractivity contribution in [1.82, 2.24) is 25.3 Å². The fraction of sp³-hybridized carbons (Fsp3) is 0.312. The largest absolute Gasteiger partial charge is 0.300 e. The number of carbonyl (C=O) groups is 2. The lowest BCUT2D eigenvalue weighted by atomic mass is 9.92. The summed E-state index contributed by atoms with van der Waals surface area (Å²) >= 11 is 6.89. The van der Waals surface area contributed by atoms with Crippen LogP contribution in [0.25, 0.3) is 11.3 Å². The van der Waals surface area contributed by atoms with Crippen LogP contribution >= 0.6 is 31.9 Å². The second-order valence-corrected chi connectivity index (χ2v) is 12.0. The van der Waals surface area contributed by atoms with Crippen LogP contribution in [0.1, 0.15) is 94.1 Å². The van der Waals surface area contributed by atoms with Gasteiger partial charge in [-0.3, -0.25) is 14.6 Å². The molecule has 41 heavy (non-hydrogen) atoms. The van der Waals surface area contributed by atoms with Crippen LogP contribution in [0, 0.1) is 13.8 Å². The molecule has 4 aromatic rings. The average Bonchev–Trinajstić information content (AvgIpc) is 2.97. The van der Waals surface area contributed by atoms with Gasteiger partial charge < -0.3 is 5.32 Å². The summed E-state index contributed by atoms with van der Waals surface area (Å²) < 4.78 is 1.34. The Morgan fingerprint density at radius 1 is 0.854 bits per heavy atom. The van der Waals surface area contributed by atoms with E-state index in [9.17, 15) is 9.59 Å². The van der Waals surface area contributed by atoms with Gasteiger partial charge in [-0.15, -0.1) is 0 Å². The van der Waals surface area contributed by atoms with E-state index >= 15 is 0 Å². The van der Waals surface area contributed by atoms with Gasteiger partial charge in [-0.1, -0.05) is 18.2 Å². The van der Waals surface area contributed by atoms with Crippen molar-refractivity contribution in [2.45, 2.75) is 64.5 Å².